The van der Waals surface area contributed by atoms with Gasteiger partial charge in [-0.3, -0.25) is 0 Å². The van der Waals surface area contributed by atoms with Gasteiger partial charge in [0, 0.05) is 18.7 Å². The molecule has 0 aliphatic carbocycles. The fourth-order valence-electron chi connectivity index (χ4n) is 1.91. The van der Waals surface area contributed by atoms with Gasteiger partial charge in [-0.15, -0.1) is 0 Å². The van der Waals surface area contributed by atoms with E-state index in [-0.39, 0.29) is 5.82 Å². The molecule has 0 aliphatic heterocycles. The largest absolute Gasteiger partial charge is 0.370 e. The van der Waals surface area contributed by atoms with Crippen molar-refractivity contribution >= 4 is 11.6 Å². The minimum absolute atomic E-state index is 0.166. The van der Waals surface area contributed by atoms with Crippen molar-refractivity contribution in [3.05, 3.63) is 48.0 Å². The van der Waals surface area contributed by atoms with Crippen LogP contribution in [0.15, 0.2) is 36.7 Å². The molecule has 1 unspecified atom stereocenters. The Kier molecular flexibility index (Phi) is 5.49. The maximum absolute atomic E-state index is 13.5. The Morgan fingerprint density at radius 2 is 1.95 bits per heavy atom. The summed E-state index contributed by atoms with van der Waals surface area (Å²) in [6.07, 6.45) is 3.17. The fraction of sp³-hybridized carbons (Fsp3) is 0.375. The minimum Gasteiger partial charge on any atom is -0.370 e. The number of aromatic nitrogens is 2. The summed E-state index contributed by atoms with van der Waals surface area (Å²) in [6.45, 7) is 4.85. The van der Waals surface area contributed by atoms with Crippen LogP contribution in [-0.4, -0.2) is 22.6 Å². The molecule has 4 nitrogen and oxygen atoms in total. The van der Waals surface area contributed by atoms with E-state index >= 15 is 0 Å². The van der Waals surface area contributed by atoms with E-state index in [4.69, 9.17) is 0 Å². The van der Waals surface area contributed by atoms with Crippen molar-refractivity contribution in [3.8, 4) is 0 Å². The second kappa shape index (κ2) is 7.57. The molecule has 21 heavy (non-hydrogen) atoms. The predicted octanol–water partition coefficient (Wildman–Crippen LogP) is 3.48. The van der Waals surface area contributed by atoms with Crippen molar-refractivity contribution in [2.24, 2.45) is 0 Å². The van der Waals surface area contributed by atoms with Crippen LogP contribution in [-0.2, 0) is 6.42 Å². The Hall–Kier alpha value is -2.17. The first-order valence-electron chi connectivity index (χ1n) is 7.25. The number of hydrogen-bond acceptors (Lipinski definition) is 4. The number of nitrogens with zero attached hydrogens (tertiary/aromatic N) is 2. The van der Waals surface area contributed by atoms with E-state index in [0.29, 0.717) is 24.6 Å². The highest BCUT2D eigenvalue weighted by atomic mass is 19.1. The van der Waals surface area contributed by atoms with Crippen molar-refractivity contribution in [1.82, 2.24) is 9.97 Å². The molecule has 2 aromatic rings. The highest BCUT2D eigenvalue weighted by molar-refractivity contribution is 5.46. The fourth-order valence-corrected chi connectivity index (χ4v) is 1.91. The van der Waals surface area contributed by atoms with Crippen LogP contribution in [0.5, 0.6) is 0 Å². The van der Waals surface area contributed by atoms with E-state index < -0.39 is 0 Å². The minimum atomic E-state index is -0.166. The summed E-state index contributed by atoms with van der Waals surface area (Å²) in [5.41, 5.74) is 0.706. The lowest BCUT2D eigenvalue weighted by atomic mass is 10.1. The Labute approximate surface area is 124 Å². The molecule has 0 amide bonds. The van der Waals surface area contributed by atoms with Crippen LogP contribution in [0.1, 0.15) is 25.8 Å². The number of halogens is 1. The van der Waals surface area contributed by atoms with E-state index in [9.17, 15) is 4.39 Å². The van der Waals surface area contributed by atoms with Crippen LogP contribution in [0, 0.1) is 5.82 Å². The highest BCUT2D eigenvalue weighted by Gasteiger charge is 2.03. The predicted molar refractivity (Wildman–Crippen MR) is 84.0 cm³/mol. The number of benzene rings is 1. The molecule has 2 rings (SSSR count). The summed E-state index contributed by atoms with van der Waals surface area (Å²) in [5, 5.41) is 6.49. The lowest BCUT2D eigenvalue weighted by Gasteiger charge is -2.13. The topological polar surface area (TPSA) is 49.8 Å². The highest BCUT2D eigenvalue weighted by Crippen LogP contribution is 2.12. The average Bonchev–Trinajstić information content (AvgIpc) is 2.49. The van der Waals surface area contributed by atoms with E-state index in [2.05, 4.69) is 34.4 Å². The third kappa shape index (κ3) is 4.70. The number of nitrogens with one attached hydrogen (secondary N) is 2. The lowest BCUT2D eigenvalue weighted by Crippen LogP contribution is -2.15. The van der Waals surface area contributed by atoms with E-state index in [1.165, 1.54) is 12.4 Å². The van der Waals surface area contributed by atoms with Gasteiger partial charge >= 0.3 is 0 Å². The molecule has 1 atom stereocenters. The first-order chi connectivity index (χ1) is 10.2. The SMILES string of the molecule is CCC(C)Nc1cc(NCCc2ccccc2F)ncn1. The Bertz CT molecular complexity index is 574. The monoisotopic (exact) mass is 288 g/mol. The van der Waals surface area contributed by atoms with Gasteiger partial charge in [0.1, 0.15) is 23.8 Å². The van der Waals surface area contributed by atoms with Crippen molar-refractivity contribution in [3.63, 3.8) is 0 Å². The zero-order valence-corrected chi connectivity index (χ0v) is 12.4. The van der Waals surface area contributed by atoms with Crippen LogP contribution < -0.4 is 10.6 Å². The molecule has 0 spiro atoms. The molecule has 0 radical (unpaired) electrons. The zero-order valence-electron chi connectivity index (χ0n) is 12.4. The second-order valence-electron chi connectivity index (χ2n) is 5.01. The van der Waals surface area contributed by atoms with Crippen molar-refractivity contribution in [2.45, 2.75) is 32.7 Å². The van der Waals surface area contributed by atoms with Gasteiger partial charge < -0.3 is 10.6 Å². The van der Waals surface area contributed by atoms with Gasteiger partial charge in [0.15, 0.2) is 0 Å². The molecule has 0 bridgehead atoms. The molecule has 5 heteroatoms. The lowest BCUT2D eigenvalue weighted by molar-refractivity contribution is 0.610. The maximum atomic E-state index is 13.5. The Morgan fingerprint density at radius 3 is 2.71 bits per heavy atom. The molecule has 0 aliphatic rings. The molecule has 0 saturated carbocycles. The van der Waals surface area contributed by atoms with Gasteiger partial charge in [-0.1, -0.05) is 25.1 Å². The van der Waals surface area contributed by atoms with Gasteiger partial charge in [-0.25, -0.2) is 14.4 Å². The Morgan fingerprint density at radius 1 is 1.19 bits per heavy atom. The quantitative estimate of drug-likeness (QED) is 0.819. The van der Waals surface area contributed by atoms with Crippen LogP contribution in [0.2, 0.25) is 0 Å². The van der Waals surface area contributed by atoms with Gasteiger partial charge in [-0.05, 0) is 31.4 Å². The smallest absolute Gasteiger partial charge is 0.131 e. The number of rotatable bonds is 7. The van der Waals surface area contributed by atoms with Crippen LogP contribution >= 0.6 is 0 Å². The zero-order chi connectivity index (χ0) is 15.1. The molecular weight excluding hydrogens is 267 g/mol. The third-order valence-electron chi connectivity index (χ3n) is 3.33. The summed E-state index contributed by atoms with van der Waals surface area (Å²) in [5.74, 6) is 1.38. The van der Waals surface area contributed by atoms with E-state index in [1.54, 1.807) is 12.1 Å². The molecule has 0 fully saturated rings. The third-order valence-corrected chi connectivity index (χ3v) is 3.33. The van der Waals surface area contributed by atoms with Crippen molar-refractivity contribution in [2.75, 3.05) is 17.2 Å². The molecule has 1 aromatic carbocycles. The first-order valence-corrected chi connectivity index (χ1v) is 7.25. The van der Waals surface area contributed by atoms with Crippen LogP contribution in [0.3, 0.4) is 0 Å². The molecule has 1 aromatic heterocycles. The summed E-state index contributed by atoms with van der Waals surface area (Å²) in [6, 6.07) is 9.06. The van der Waals surface area contributed by atoms with Gasteiger partial charge in [0.2, 0.25) is 0 Å². The standard InChI is InChI=1S/C16H21FN4/c1-3-12(2)21-16-10-15(19-11-20-16)18-9-8-13-6-4-5-7-14(13)17/h4-7,10-12H,3,8-9H2,1-2H3,(H2,18,19,20,21). The van der Waals surface area contributed by atoms with Gasteiger partial charge in [0.25, 0.3) is 0 Å². The van der Waals surface area contributed by atoms with Crippen LogP contribution in [0.25, 0.3) is 0 Å². The summed E-state index contributed by atoms with van der Waals surface area (Å²) in [4.78, 5) is 8.36. The van der Waals surface area contributed by atoms with E-state index in [1.807, 2.05) is 12.1 Å². The van der Waals surface area contributed by atoms with Gasteiger partial charge in [0.05, 0.1) is 0 Å². The van der Waals surface area contributed by atoms with Crippen molar-refractivity contribution in [1.29, 1.82) is 0 Å². The molecule has 112 valence electrons. The van der Waals surface area contributed by atoms with E-state index in [0.717, 1.165) is 18.1 Å². The normalized spacial score (nSPS) is 12.0. The first kappa shape index (κ1) is 15.2. The summed E-state index contributed by atoms with van der Waals surface area (Å²) < 4.78 is 13.5. The second-order valence-corrected chi connectivity index (χ2v) is 5.01. The summed E-state index contributed by atoms with van der Waals surface area (Å²) >= 11 is 0. The molecule has 0 saturated heterocycles. The van der Waals surface area contributed by atoms with Gasteiger partial charge in [-0.2, -0.15) is 0 Å². The Balaban J connectivity index is 1.88. The number of hydrogen-bond donors (Lipinski definition) is 2. The summed E-state index contributed by atoms with van der Waals surface area (Å²) in [7, 11) is 0. The maximum Gasteiger partial charge on any atom is 0.131 e. The molecule has 1 heterocycles. The average molecular weight is 288 g/mol. The molecular formula is C16H21FN4. The van der Waals surface area contributed by atoms with Crippen molar-refractivity contribution < 1.29 is 4.39 Å². The number of anilines is 2. The van der Waals surface area contributed by atoms with Crippen LogP contribution in [0.4, 0.5) is 16.0 Å². The molecule has 2 N–H and O–H groups in total.